The van der Waals surface area contributed by atoms with E-state index in [0.717, 1.165) is 13.0 Å². The maximum Gasteiger partial charge on any atom is 0.253 e. The molecule has 2 rings (SSSR count). The van der Waals surface area contributed by atoms with E-state index in [1.807, 2.05) is 0 Å². The van der Waals surface area contributed by atoms with Gasteiger partial charge in [-0.3, -0.25) is 0 Å². The lowest BCUT2D eigenvalue weighted by atomic mass is 10.1. The molecule has 0 atom stereocenters. The van der Waals surface area contributed by atoms with Crippen molar-refractivity contribution < 1.29 is 4.57 Å². The van der Waals surface area contributed by atoms with Crippen LogP contribution in [0.1, 0.15) is 88.9 Å². The van der Waals surface area contributed by atoms with Gasteiger partial charge in [0.2, 0.25) is 0 Å². The molecule has 0 saturated heterocycles. The maximum atomic E-state index is 2.44. The molecule has 0 radical (unpaired) electrons. The highest BCUT2D eigenvalue weighted by atomic mass is 15.1. The Balaban J connectivity index is 1.54. The van der Waals surface area contributed by atoms with Crippen molar-refractivity contribution in [2.45, 2.75) is 104 Å². The summed E-state index contributed by atoms with van der Waals surface area (Å²) in [5.74, 6) is 1.40. The molecule has 2 nitrogen and oxygen atoms in total. The number of aryl methyl sites for hydroxylation is 3. The Morgan fingerprint density at radius 3 is 2.07 bits per heavy atom. The van der Waals surface area contributed by atoms with E-state index in [2.05, 4.69) is 65.7 Å². The molecule has 0 aliphatic heterocycles. The lowest BCUT2D eigenvalue weighted by molar-refractivity contribution is -0.702. The average molecular weight is 370 g/mol. The maximum absolute atomic E-state index is 2.44. The van der Waals surface area contributed by atoms with Crippen molar-refractivity contribution in [2.75, 3.05) is 0 Å². The Morgan fingerprint density at radius 2 is 1.41 bits per heavy atom. The minimum Gasteiger partial charge on any atom is -0.234 e. The zero-order valence-electron chi connectivity index (χ0n) is 17.8. The predicted molar refractivity (Wildman–Crippen MR) is 116 cm³/mol. The fraction of sp³-hybridized carbons (Fsp3) is 0.640. The van der Waals surface area contributed by atoms with E-state index in [1.165, 1.54) is 88.6 Å². The van der Waals surface area contributed by atoms with E-state index in [1.54, 1.807) is 0 Å². The van der Waals surface area contributed by atoms with Gasteiger partial charge < -0.3 is 0 Å². The lowest BCUT2D eigenvalue weighted by Crippen LogP contribution is -2.35. The van der Waals surface area contributed by atoms with Crippen molar-refractivity contribution >= 4 is 0 Å². The number of benzene rings is 1. The summed E-state index contributed by atoms with van der Waals surface area (Å²) in [5.41, 5.74) is 1.44. The molecule has 0 N–H and O–H groups in total. The zero-order valence-corrected chi connectivity index (χ0v) is 17.8. The van der Waals surface area contributed by atoms with Gasteiger partial charge in [-0.2, -0.15) is 0 Å². The Hall–Kier alpha value is -1.57. The third kappa shape index (κ3) is 8.77. The van der Waals surface area contributed by atoms with Crippen molar-refractivity contribution in [2.24, 2.45) is 0 Å². The quantitative estimate of drug-likeness (QED) is 0.246. The molecule has 2 aromatic rings. The number of nitrogens with zero attached hydrogens (tertiary/aromatic N) is 2. The smallest absolute Gasteiger partial charge is 0.234 e. The molecular weight excluding hydrogens is 328 g/mol. The van der Waals surface area contributed by atoms with Crippen molar-refractivity contribution in [3.63, 3.8) is 0 Å². The molecule has 0 aliphatic rings. The molecule has 1 heterocycles. The van der Waals surface area contributed by atoms with Crippen LogP contribution in [0.4, 0.5) is 0 Å². The minimum absolute atomic E-state index is 1.12. The molecule has 0 fully saturated rings. The predicted octanol–water partition coefficient (Wildman–Crippen LogP) is 6.64. The van der Waals surface area contributed by atoms with Crippen LogP contribution < -0.4 is 4.57 Å². The third-order valence-electron chi connectivity index (χ3n) is 5.72. The van der Waals surface area contributed by atoms with Crippen molar-refractivity contribution in [1.82, 2.24) is 4.57 Å². The van der Waals surface area contributed by atoms with E-state index < -0.39 is 0 Å². The van der Waals surface area contributed by atoms with E-state index in [0.29, 0.717) is 0 Å². The van der Waals surface area contributed by atoms with Crippen LogP contribution in [0.2, 0.25) is 0 Å². The third-order valence-corrected chi connectivity index (χ3v) is 5.72. The van der Waals surface area contributed by atoms with E-state index in [9.17, 15) is 0 Å². The highest BCUT2D eigenvalue weighted by molar-refractivity contribution is 5.14. The Kier molecular flexibility index (Phi) is 10.9. The molecule has 150 valence electrons. The molecule has 0 unspecified atom stereocenters. The second kappa shape index (κ2) is 13.6. The molecule has 27 heavy (non-hydrogen) atoms. The van der Waals surface area contributed by atoms with Crippen LogP contribution >= 0.6 is 0 Å². The monoisotopic (exact) mass is 369 g/mol. The number of hydrogen-bond acceptors (Lipinski definition) is 0. The van der Waals surface area contributed by atoms with Gasteiger partial charge in [-0.1, -0.05) is 88.6 Å². The van der Waals surface area contributed by atoms with Crippen LogP contribution in [0.25, 0.3) is 0 Å². The summed E-state index contributed by atoms with van der Waals surface area (Å²) >= 11 is 0. The topological polar surface area (TPSA) is 8.81 Å². The fourth-order valence-electron chi connectivity index (χ4n) is 3.88. The van der Waals surface area contributed by atoms with Crippen LogP contribution in [0.5, 0.6) is 0 Å². The summed E-state index contributed by atoms with van der Waals surface area (Å²) in [6.07, 6.45) is 21.0. The first-order valence-corrected chi connectivity index (χ1v) is 11.4. The molecule has 0 saturated carbocycles. The first kappa shape index (κ1) is 21.7. The molecule has 2 heteroatoms. The van der Waals surface area contributed by atoms with Crippen LogP contribution in [0.3, 0.4) is 0 Å². The van der Waals surface area contributed by atoms with Crippen LogP contribution in [-0.4, -0.2) is 4.57 Å². The summed E-state index contributed by atoms with van der Waals surface area (Å²) in [6, 6.07) is 10.8. The molecule has 0 aliphatic carbocycles. The molecule has 1 aromatic carbocycles. The number of unbranched alkanes of at least 4 members (excludes halogenated alkanes) is 9. The molecule has 0 spiro atoms. The van der Waals surface area contributed by atoms with Gasteiger partial charge >= 0.3 is 0 Å². The van der Waals surface area contributed by atoms with Crippen molar-refractivity contribution in [3.8, 4) is 0 Å². The SMILES string of the molecule is CCCCCCCCCCCCn1cc[n+](CCCc2ccccc2)c1C. The number of hydrogen-bond donors (Lipinski definition) is 0. The summed E-state index contributed by atoms with van der Waals surface area (Å²) in [7, 11) is 0. The normalized spacial score (nSPS) is 11.2. The van der Waals surface area contributed by atoms with Gasteiger partial charge in [0, 0.05) is 6.92 Å². The molecule has 0 bridgehead atoms. The van der Waals surface area contributed by atoms with E-state index in [-0.39, 0.29) is 0 Å². The fourth-order valence-corrected chi connectivity index (χ4v) is 3.88. The summed E-state index contributed by atoms with van der Waals surface area (Å²) < 4.78 is 4.85. The second-order valence-electron chi connectivity index (χ2n) is 8.00. The Morgan fingerprint density at radius 1 is 0.778 bits per heavy atom. The van der Waals surface area contributed by atoms with Gasteiger partial charge in [0.05, 0.1) is 13.1 Å². The minimum atomic E-state index is 1.12. The highest BCUT2D eigenvalue weighted by Crippen LogP contribution is 2.11. The summed E-state index contributed by atoms with van der Waals surface area (Å²) in [6.45, 7) is 6.84. The number of imidazole rings is 1. The van der Waals surface area contributed by atoms with Gasteiger partial charge in [-0.25, -0.2) is 9.13 Å². The van der Waals surface area contributed by atoms with Crippen LogP contribution in [0.15, 0.2) is 42.7 Å². The average Bonchev–Trinajstić information content (AvgIpc) is 3.04. The zero-order chi connectivity index (χ0) is 19.2. The van der Waals surface area contributed by atoms with Crippen LogP contribution in [0, 0.1) is 6.92 Å². The summed E-state index contributed by atoms with van der Waals surface area (Å²) in [5, 5.41) is 0. The molecular formula is C25H41N2+. The molecule has 1 aromatic heterocycles. The first-order chi connectivity index (χ1) is 13.3. The summed E-state index contributed by atoms with van der Waals surface area (Å²) in [4.78, 5) is 0. The van der Waals surface area contributed by atoms with E-state index in [4.69, 9.17) is 0 Å². The van der Waals surface area contributed by atoms with Crippen molar-refractivity contribution in [3.05, 3.63) is 54.1 Å². The van der Waals surface area contributed by atoms with Gasteiger partial charge in [0.1, 0.15) is 12.4 Å². The second-order valence-corrected chi connectivity index (χ2v) is 8.00. The molecule has 0 amide bonds. The number of rotatable bonds is 15. The van der Waals surface area contributed by atoms with Crippen LogP contribution in [-0.2, 0) is 19.5 Å². The Labute approximate surface area is 167 Å². The standard InChI is InChI=1S/C25H41N2/c1-3-4-5-6-7-8-9-10-11-15-20-26-22-23-27(24(26)2)21-16-19-25-17-13-12-14-18-25/h12-14,17-18,22-23H,3-11,15-16,19-21H2,1-2H3/q+1. The van der Waals surface area contributed by atoms with Gasteiger partial charge in [0.15, 0.2) is 0 Å². The van der Waals surface area contributed by atoms with Gasteiger partial charge in [0.25, 0.3) is 5.82 Å². The highest BCUT2D eigenvalue weighted by Gasteiger charge is 2.11. The van der Waals surface area contributed by atoms with Crippen molar-refractivity contribution in [1.29, 1.82) is 0 Å². The van der Waals surface area contributed by atoms with Gasteiger partial charge in [-0.15, -0.1) is 0 Å². The number of aromatic nitrogens is 2. The largest absolute Gasteiger partial charge is 0.253 e. The van der Waals surface area contributed by atoms with E-state index >= 15 is 0 Å². The first-order valence-electron chi connectivity index (χ1n) is 11.4. The lowest BCUT2D eigenvalue weighted by Gasteiger charge is -2.03. The van der Waals surface area contributed by atoms with Gasteiger partial charge in [-0.05, 0) is 31.2 Å². The Bertz CT molecular complexity index is 600.